The number of ether oxygens (including phenoxy) is 2. The molecule has 1 aromatic heterocycles. The Kier molecular flexibility index (Phi) is 7.20. The van der Waals surface area contributed by atoms with Gasteiger partial charge in [-0.2, -0.15) is 0 Å². The molecule has 2 aromatic carbocycles. The minimum atomic E-state index is -0.443. The fourth-order valence-electron chi connectivity index (χ4n) is 3.34. The number of amides is 1. The van der Waals surface area contributed by atoms with Crippen molar-refractivity contribution in [2.45, 2.75) is 24.3 Å². The molecular weight excluding hydrogens is 467 g/mol. The second kappa shape index (κ2) is 10.3. The quantitative estimate of drug-likeness (QED) is 0.343. The molecule has 172 valence electrons. The van der Waals surface area contributed by atoms with E-state index in [1.165, 1.54) is 28.8 Å². The molecule has 1 aliphatic heterocycles. The van der Waals surface area contributed by atoms with Crippen molar-refractivity contribution in [3.63, 3.8) is 0 Å². The number of allylic oxidation sites excluding steroid dienone is 1. The molecule has 1 unspecified atom stereocenters. The molecule has 0 N–H and O–H groups in total. The van der Waals surface area contributed by atoms with Crippen LogP contribution in [-0.4, -0.2) is 45.0 Å². The lowest BCUT2D eigenvalue weighted by Crippen LogP contribution is -2.28. The Bertz CT molecular complexity index is 1150. The number of hydrogen-bond acceptors (Lipinski definition) is 6. The lowest BCUT2D eigenvalue weighted by Gasteiger charge is -2.26. The van der Waals surface area contributed by atoms with Crippen LogP contribution in [0.3, 0.4) is 0 Å². The molecule has 0 spiro atoms. The van der Waals surface area contributed by atoms with Crippen molar-refractivity contribution in [2.75, 3.05) is 19.4 Å². The van der Waals surface area contributed by atoms with Crippen molar-refractivity contribution >= 4 is 29.3 Å². The van der Waals surface area contributed by atoms with Gasteiger partial charge in [-0.1, -0.05) is 47.6 Å². The van der Waals surface area contributed by atoms with Crippen molar-refractivity contribution in [1.82, 2.24) is 19.7 Å². The second-order valence-corrected chi connectivity index (χ2v) is 8.69. The second-order valence-electron chi connectivity index (χ2n) is 7.34. The van der Waals surface area contributed by atoms with Crippen molar-refractivity contribution in [3.05, 3.63) is 77.3 Å². The number of aromatic nitrogens is 3. The summed E-state index contributed by atoms with van der Waals surface area (Å²) in [5.74, 6) is 1.37. The molecular formula is C23H22ClFN4O3S. The van der Waals surface area contributed by atoms with Crippen LogP contribution < -0.4 is 9.47 Å². The van der Waals surface area contributed by atoms with Crippen LogP contribution in [-0.2, 0) is 17.9 Å². The predicted molar refractivity (Wildman–Crippen MR) is 124 cm³/mol. The Hall–Kier alpha value is -3.04. The average Bonchev–Trinajstić information content (AvgIpc) is 3.22. The summed E-state index contributed by atoms with van der Waals surface area (Å²) in [5, 5.41) is 9.38. The van der Waals surface area contributed by atoms with Gasteiger partial charge in [0.25, 0.3) is 0 Å². The van der Waals surface area contributed by atoms with E-state index in [1.807, 2.05) is 28.8 Å². The minimum Gasteiger partial charge on any atom is -0.485 e. The summed E-state index contributed by atoms with van der Waals surface area (Å²) in [7, 11) is 1.61. The molecule has 0 radical (unpaired) electrons. The monoisotopic (exact) mass is 488 g/mol. The van der Waals surface area contributed by atoms with Gasteiger partial charge in [-0.3, -0.25) is 9.36 Å². The lowest BCUT2D eigenvalue weighted by molar-refractivity contribution is -0.127. The van der Waals surface area contributed by atoms with E-state index in [0.29, 0.717) is 35.6 Å². The molecule has 0 saturated heterocycles. The first-order valence-corrected chi connectivity index (χ1v) is 11.6. The normalized spacial score (nSPS) is 14.7. The SMILES string of the molecule is C=CCn1c(SCC(=O)N(C)Cc2c(F)cccc2Cl)nnc1C1COc2ccccc2O1. The van der Waals surface area contributed by atoms with Gasteiger partial charge in [-0.05, 0) is 24.3 Å². The Morgan fingerprint density at radius 2 is 2.09 bits per heavy atom. The molecule has 0 aliphatic carbocycles. The third kappa shape index (κ3) is 5.15. The van der Waals surface area contributed by atoms with E-state index in [4.69, 9.17) is 21.1 Å². The fraction of sp³-hybridized carbons (Fsp3) is 0.261. The van der Waals surface area contributed by atoms with Crippen molar-refractivity contribution in [2.24, 2.45) is 0 Å². The van der Waals surface area contributed by atoms with Crippen LogP contribution >= 0.6 is 23.4 Å². The number of carbonyl (C=O) groups excluding carboxylic acids is 1. The van der Waals surface area contributed by atoms with Gasteiger partial charge < -0.3 is 14.4 Å². The number of thioether (sulfide) groups is 1. The Morgan fingerprint density at radius 3 is 2.85 bits per heavy atom. The molecule has 2 heterocycles. The van der Waals surface area contributed by atoms with Crippen LogP contribution in [0.4, 0.5) is 4.39 Å². The zero-order chi connectivity index (χ0) is 23.4. The van der Waals surface area contributed by atoms with E-state index in [0.717, 1.165) is 0 Å². The van der Waals surface area contributed by atoms with E-state index in [9.17, 15) is 9.18 Å². The number of nitrogens with zero attached hydrogens (tertiary/aromatic N) is 4. The Morgan fingerprint density at radius 1 is 1.30 bits per heavy atom. The highest BCUT2D eigenvalue weighted by molar-refractivity contribution is 7.99. The number of carbonyl (C=O) groups is 1. The molecule has 0 fully saturated rings. The van der Waals surface area contributed by atoms with E-state index < -0.39 is 11.9 Å². The number of hydrogen-bond donors (Lipinski definition) is 0. The minimum absolute atomic E-state index is 0.0716. The first-order valence-electron chi connectivity index (χ1n) is 10.2. The Labute approximate surface area is 200 Å². The zero-order valence-corrected chi connectivity index (χ0v) is 19.5. The predicted octanol–water partition coefficient (Wildman–Crippen LogP) is 4.52. The number of para-hydroxylation sites is 2. The first-order chi connectivity index (χ1) is 16.0. The van der Waals surface area contributed by atoms with E-state index in [2.05, 4.69) is 16.8 Å². The van der Waals surface area contributed by atoms with Gasteiger partial charge in [-0.15, -0.1) is 16.8 Å². The highest BCUT2D eigenvalue weighted by Crippen LogP contribution is 2.36. The molecule has 0 saturated carbocycles. The summed E-state index contributed by atoms with van der Waals surface area (Å²) in [6.07, 6.45) is 1.28. The number of rotatable bonds is 8. The van der Waals surface area contributed by atoms with Crippen LogP contribution in [0.2, 0.25) is 5.02 Å². The zero-order valence-electron chi connectivity index (χ0n) is 17.9. The highest BCUT2D eigenvalue weighted by Gasteiger charge is 2.28. The van der Waals surface area contributed by atoms with Crippen molar-refractivity contribution < 1.29 is 18.7 Å². The number of halogens is 2. The van der Waals surface area contributed by atoms with Gasteiger partial charge in [0.05, 0.1) is 5.75 Å². The van der Waals surface area contributed by atoms with Crippen molar-refractivity contribution in [1.29, 1.82) is 0 Å². The van der Waals surface area contributed by atoms with Crippen LogP contribution in [0.15, 0.2) is 60.3 Å². The van der Waals surface area contributed by atoms with Gasteiger partial charge in [0.1, 0.15) is 12.4 Å². The summed E-state index contributed by atoms with van der Waals surface area (Å²) in [4.78, 5) is 14.1. The maximum Gasteiger partial charge on any atom is 0.233 e. The third-order valence-electron chi connectivity index (χ3n) is 5.06. The average molecular weight is 489 g/mol. The summed E-state index contributed by atoms with van der Waals surface area (Å²) in [5.41, 5.74) is 0.284. The standard InChI is InChI=1S/C23H22ClFN4O3S/c1-3-11-29-22(20-13-31-18-9-4-5-10-19(18)32-20)26-27-23(29)33-14-21(30)28(2)12-15-16(24)7-6-8-17(15)25/h3-10,20H,1,11-14H2,2H3. The number of fused-ring (bicyclic) bond motifs is 1. The molecule has 33 heavy (non-hydrogen) atoms. The molecule has 7 nitrogen and oxygen atoms in total. The maximum atomic E-state index is 14.1. The summed E-state index contributed by atoms with van der Waals surface area (Å²) < 4.78 is 27.8. The van der Waals surface area contributed by atoms with E-state index in [-0.39, 0.29) is 28.8 Å². The van der Waals surface area contributed by atoms with Gasteiger partial charge in [-0.25, -0.2) is 4.39 Å². The first kappa shape index (κ1) is 23.1. The molecule has 1 atom stereocenters. The van der Waals surface area contributed by atoms with E-state index in [1.54, 1.807) is 19.2 Å². The van der Waals surface area contributed by atoms with Gasteiger partial charge in [0, 0.05) is 30.7 Å². The molecule has 3 aromatic rings. The van der Waals surface area contributed by atoms with Crippen LogP contribution in [0, 0.1) is 5.82 Å². The van der Waals surface area contributed by atoms with E-state index >= 15 is 0 Å². The largest absolute Gasteiger partial charge is 0.485 e. The Balaban J connectivity index is 1.44. The molecule has 0 bridgehead atoms. The summed E-state index contributed by atoms with van der Waals surface area (Å²) in [6, 6.07) is 11.9. The third-order valence-corrected chi connectivity index (χ3v) is 6.37. The topological polar surface area (TPSA) is 69.5 Å². The van der Waals surface area contributed by atoms with Gasteiger partial charge in [0.15, 0.2) is 28.6 Å². The molecule has 1 aliphatic rings. The van der Waals surface area contributed by atoms with Gasteiger partial charge in [0.2, 0.25) is 5.91 Å². The molecule has 4 rings (SSSR count). The summed E-state index contributed by atoms with van der Waals surface area (Å²) in [6.45, 7) is 4.62. The van der Waals surface area contributed by atoms with Crippen LogP contribution in [0.25, 0.3) is 0 Å². The lowest BCUT2D eigenvalue weighted by atomic mass is 10.2. The fourth-order valence-corrected chi connectivity index (χ4v) is 4.46. The van der Waals surface area contributed by atoms with Crippen molar-refractivity contribution in [3.8, 4) is 11.5 Å². The molecule has 1 amide bonds. The maximum absolute atomic E-state index is 14.1. The number of benzene rings is 2. The van der Waals surface area contributed by atoms with Gasteiger partial charge >= 0.3 is 0 Å². The van der Waals surface area contributed by atoms with Crippen LogP contribution in [0.1, 0.15) is 17.5 Å². The highest BCUT2D eigenvalue weighted by atomic mass is 35.5. The smallest absolute Gasteiger partial charge is 0.233 e. The van der Waals surface area contributed by atoms with Crippen LogP contribution in [0.5, 0.6) is 11.5 Å². The molecule has 10 heteroatoms. The summed E-state index contributed by atoms with van der Waals surface area (Å²) >= 11 is 7.32.